The maximum absolute atomic E-state index is 12.9. The molecule has 13 heteroatoms. The van der Waals surface area contributed by atoms with E-state index >= 15 is 0 Å². The second-order valence-electron chi connectivity index (χ2n) is 6.50. The van der Waals surface area contributed by atoms with Gasteiger partial charge in [0.1, 0.15) is 11.4 Å². The molecule has 1 amide bonds. The van der Waals surface area contributed by atoms with E-state index in [4.69, 9.17) is 15.2 Å². The molecule has 0 unspecified atom stereocenters. The highest BCUT2D eigenvalue weighted by atomic mass is 16.6. The molecule has 33 heavy (non-hydrogen) atoms. The average Bonchev–Trinajstić information content (AvgIpc) is 3.46. The van der Waals surface area contributed by atoms with Crippen molar-refractivity contribution in [3.05, 3.63) is 53.7 Å². The molecule has 0 saturated carbocycles. The molecule has 0 saturated heterocycles. The SMILES string of the molecule is COc1cccc(-c2c(C(=O)NN=Cc3cccc(OC)c3O)nnn2-c2nonc2N)c1. The van der Waals surface area contributed by atoms with Crippen LogP contribution in [0.1, 0.15) is 16.1 Å². The van der Waals surface area contributed by atoms with E-state index in [1.807, 2.05) is 0 Å². The van der Waals surface area contributed by atoms with Gasteiger partial charge >= 0.3 is 0 Å². The predicted molar refractivity (Wildman–Crippen MR) is 115 cm³/mol. The highest BCUT2D eigenvalue weighted by Gasteiger charge is 2.25. The zero-order valence-electron chi connectivity index (χ0n) is 17.5. The van der Waals surface area contributed by atoms with E-state index in [2.05, 4.69) is 35.8 Å². The number of nitrogens with zero attached hydrogens (tertiary/aromatic N) is 6. The van der Waals surface area contributed by atoms with Crippen molar-refractivity contribution in [3.63, 3.8) is 0 Å². The van der Waals surface area contributed by atoms with Crippen molar-refractivity contribution in [3.8, 4) is 34.3 Å². The summed E-state index contributed by atoms with van der Waals surface area (Å²) in [5.74, 6) is 0.0474. The van der Waals surface area contributed by atoms with E-state index in [1.165, 1.54) is 25.1 Å². The number of benzene rings is 2. The van der Waals surface area contributed by atoms with Crippen LogP contribution in [0.25, 0.3) is 17.1 Å². The van der Waals surface area contributed by atoms with Crippen molar-refractivity contribution < 1.29 is 24.0 Å². The number of nitrogen functional groups attached to an aromatic ring is 1. The van der Waals surface area contributed by atoms with Crippen molar-refractivity contribution in [1.82, 2.24) is 30.7 Å². The first-order valence-electron chi connectivity index (χ1n) is 9.41. The van der Waals surface area contributed by atoms with E-state index in [9.17, 15) is 9.90 Å². The Kier molecular flexibility index (Phi) is 5.84. The van der Waals surface area contributed by atoms with Gasteiger partial charge in [-0.15, -0.1) is 5.10 Å². The van der Waals surface area contributed by atoms with Gasteiger partial charge in [0, 0.05) is 11.1 Å². The summed E-state index contributed by atoms with van der Waals surface area (Å²) in [5, 5.41) is 29.3. The molecular weight excluding hydrogens is 432 g/mol. The van der Waals surface area contributed by atoms with Gasteiger partial charge in [-0.2, -0.15) is 9.78 Å². The summed E-state index contributed by atoms with van der Waals surface area (Å²) in [6.07, 6.45) is 1.27. The van der Waals surface area contributed by atoms with Gasteiger partial charge in [-0.3, -0.25) is 4.79 Å². The molecule has 4 aromatic rings. The Morgan fingerprint density at radius 2 is 2.03 bits per heavy atom. The van der Waals surface area contributed by atoms with Gasteiger partial charge in [-0.05, 0) is 34.6 Å². The predicted octanol–water partition coefficient (Wildman–Crippen LogP) is 1.39. The summed E-state index contributed by atoms with van der Waals surface area (Å²) in [6, 6.07) is 11.8. The molecule has 0 radical (unpaired) electrons. The molecule has 0 aliphatic carbocycles. The summed E-state index contributed by atoms with van der Waals surface area (Å²) in [6.45, 7) is 0. The number of hydrogen-bond donors (Lipinski definition) is 3. The molecule has 13 nitrogen and oxygen atoms in total. The number of aromatic nitrogens is 5. The number of rotatable bonds is 7. The number of carbonyl (C=O) groups excluding carboxylic acids is 1. The van der Waals surface area contributed by atoms with Crippen LogP contribution in [-0.2, 0) is 0 Å². The molecule has 4 N–H and O–H groups in total. The molecule has 0 aliphatic rings. The van der Waals surface area contributed by atoms with E-state index in [1.54, 1.807) is 42.5 Å². The number of carbonyl (C=O) groups is 1. The number of nitrogens with two attached hydrogens (primary N) is 1. The minimum Gasteiger partial charge on any atom is -0.504 e. The summed E-state index contributed by atoms with van der Waals surface area (Å²) >= 11 is 0. The standard InChI is InChI=1S/C20H18N8O5/c1-31-13-7-3-5-11(9-13)16-15(23-27-28(16)19-18(21)25-33-26-19)20(30)24-22-10-12-6-4-8-14(32-2)17(12)29/h3-10,29H,1-2H3,(H2,21,25)(H,24,30). The fourth-order valence-corrected chi connectivity index (χ4v) is 2.97. The average molecular weight is 450 g/mol. The summed E-state index contributed by atoms with van der Waals surface area (Å²) in [7, 11) is 2.95. The van der Waals surface area contributed by atoms with Crippen molar-refractivity contribution in [2.45, 2.75) is 0 Å². The fraction of sp³-hybridized carbons (Fsp3) is 0.100. The number of phenolic OH excluding ortho intramolecular Hbond substituents is 1. The summed E-state index contributed by atoms with van der Waals surface area (Å²) in [4.78, 5) is 12.9. The minimum absolute atomic E-state index is 0.0393. The lowest BCUT2D eigenvalue weighted by Gasteiger charge is -2.07. The largest absolute Gasteiger partial charge is 0.504 e. The Labute approximate surface area is 186 Å². The molecule has 0 atom stereocenters. The molecule has 2 aromatic heterocycles. The van der Waals surface area contributed by atoms with Gasteiger partial charge in [0.05, 0.1) is 20.4 Å². The first kappa shape index (κ1) is 21.3. The lowest BCUT2D eigenvalue weighted by atomic mass is 10.1. The van der Waals surface area contributed by atoms with Crippen LogP contribution in [0, 0.1) is 0 Å². The third-order valence-electron chi connectivity index (χ3n) is 4.54. The molecule has 0 bridgehead atoms. The number of anilines is 1. The van der Waals surface area contributed by atoms with Crippen LogP contribution < -0.4 is 20.6 Å². The van der Waals surface area contributed by atoms with Crippen LogP contribution in [0.2, 0.25) is 0 Å². The van der Waals surface area contributed by atoms with Crippen LogP contribution in [0.3, 0.4) is 0 Å². The van der Waals surface area contributed by atoms with Gasteiger partial charge in [-0.25, -0.2) is 10.1 Å². The zero-order chi connectivity index (χ0) is 23.4. The first-order valence-corrected chi connectivity index (χ1v) is 9.41. The molecule has 2 heterocycles. The fourth-order valence-electron chi connectivity index (χ4n) is 2.97. The quantitative estimate of drug-likeness (QED) is 0.275. The highest BCUT2D eigenvalue weighted by Crippen LogP contribution is 2.29. The Balaban J connectivity index is 1.69. The number of hydrogen-bond acceptors (Lipinski definition) is 11. The smallest absolute Gasteiger partial charge is 0.294 e. The second-order valence-corrected chi connectivity index (χ2v) is 6.50. The van der Waals surface area contributed by atoms with Gasteiger partial charge in [-0.1, -0.05) is 23.4 Å². The summed E-state index contributed by atoms with van der Waals surface area (Å²) < 4.78 is 16.2. The number of amides is 1. The number of nitrogens with one attached hydrogen (secondary N) is 1. The van der Waals surface area contributed by atoms with Crippen LogP contribution in [0.4, 0.5) is 5.82 Å². The van der Waals surface area contributed by atoms with Gasteiger partial charge < -0.3 is 20.3 Å². The Morgan fingerprint density at radius 1 is 1.21 bits per heavy atom. The molecule has 0 spiro atoms. The number of ether oxygens (including phenoxy) is 2. The molecule has 2 aromatic carbocycles. The van der Waals surface area contributed by atoms with Crippen molar-refractivity contribution in [1.29, 1.82) is 0 Å². The van der Waals surface area contributed by atoms with E-state index in [-0.39, 0.29) is 34.5 Å². The lowest BCUT2D eigenvalue weighted by molar-refractivity contribution is 0.0950. The maximum Gasteiger partial charge on any atom is 0.294 e. The molecule has 4 rings (SSSR count). The monoisotopic (exact) mass is 450 g/mol. The van der Waals surface area contributed by atoms with Crippen molar-refractivity contribution in [2.75, 3.05) is 20.0 Å². The second kappa shape index (κ2) is 9.05. The molecule has 168 valence electrons. The number of aromatic hydroxyl groups is 1. The van der Waals surface area contributed by atoms with E-state index < -0.39 is 5.91 Å². The number of phenols is 1. The molecular formula is C20H18N8O5. The highest BCUT2D eigenvalue weighted by molar-refractivity contribution is 5.99. The van der Waals surface area contributed by atoms with Gasteiger partial charge in [0.25, 0.3) is 5.91 Å². The number of para-hydroxylation sites is 1. The number of hydrazone groups is 1. The van der Waals surface area contributed by atoms with Crippen molar-refractivity contribution >= 4 is 17.9 Å². The molecule has 0 fully saturated rings. The van der Waals surface area contributed by atoms with Crippen LogP contribution in [0.15, 0.2) is 52.2 Å². The van der Waals surface area contributed by atoms with Crippen LogP contribution >= 0.6 is 0 Å². The Morgan fingerprint density at radius 3 is 2.76 bits per heavy atom. The third kappa shape index (κ3) is 4.14. The zero-order valence-corrected chi connectivity index (χ0v) is 17.5. The van der Waals surface area contributed by atoms with E-state index in [0.717, 1.165) is 0 Å². The Hall–Kier alpha value is -4.94. The van der Waals surface area contributed by atoms with Crippen molar-refractivity contribution in [2.24, 2.45) is 5.10 Å². The number of methoxy groups -OCH3 is 2. The normalized spacial score (nSPS) is 11.0. The van der Waals surface area contributed by atoms with E-state index in [0.29, 0.717) is 16.9 Å². The topological polar surface area (TPSA) is 176 Å². The van der Waals surface area contributed by atoms with Crippen LogP contribution in [-0.4, -0.2) is 56.8 Å². The Bertz CT molecular complexity index is 1330. The van der Waals surface area contributed by atoms with Gasteiger partial charge in [0.2, 0.25) is 11.6 Å². The van der Waals surface area contributed by atoms with Crippen LogP contribution in [0.5, 0.6) is 17.2 Å². The van der Waals surface area contributed by atoms with Gasteiger partial charge in [0.15, 0.2) is 17.2 Å². The summed E-state index contributed by atoms with van der Waals surface area (Å²) in [5.41, 5.74) is 9.24. The maximum atomic E-state index is 12.9. The first-order chi connectivity index (χ1) is 16.0. The molecule has 0 aliphatic heterocycles. The third-order valence-corrected chi connectivity index (χ3v) is 4.54. The lowest BCUT2D eigenvalue weighted by Crippen LogP contribution is -2.19. The minimum atomic E-state index is -0.673.